The van der Waals surface area contributed by atoms with Crippen LogP contribution < -0.4 is 10.9 Å². The van der Waals surface area contributed by atoms with Crippen molar-refractivity contribution in [3.63, 3.8) is 0 Å². The van der Waals surface area contributed by atoms with Crippen LogP contribution in [0.5, 0.6) is 5.75 Å². The van der Waals surface area contributed by atoms with Crippen LogP contribution >= 0.6 is 0 Å². The van der Waals surface area contributed by atoms with Gasteiger partial charge in [0.1, 0.15) is 17.9 Å². The lowest BCUT2D eigenvalue weighted by Gasteiger charge is -2.15. The van der Waals surface area contributed by atoms with Gasteiger partial charge in [-0.15, -0.1) is 0 Å². The molecule has 0 radical (unpaired) electrons. The van der Waals surface area contributed by atoms with Crippen LogP contribution in [-0.2, 0) is 11.8 Å². The molecule has 0 atom stereocenters. The second kappa shape index (κ2) is 7.15. The van der Waals surface area contributed by atoms with Gasteiger partial charge >= 0.3 is 5.97 Å². The highest BCUT2D eigenvalue weighted by molar-refractivity contribution is 6.04. The molecule has 3 aromatic rings. The highest BCUT2D eigenvalue weighted by Gasteiger charge is 2.22. The number of benzene rings is 1. The number of pyridine rings is 2. The molecule has 0 aliphatic heterocycles. The summed E-state index contributed by atoms with van der Waals surface area (Å²) in [6.07, 6.45) is 1.68. The van der Waals surface area contributed by atoms with E-state index in [1.54, 1.807) is 24.4 Å². The third-order valence-electron chi connectivity index (χ3n) is 4.64. The summed E-state index contributed by atoms with van der Waals surface area (Å²) >= 11 is 0. The van der Waals surface area contributed by atoms with Crippen molar-refractivity contribution in [2.24, 2.45) is 7.05 Å². The van der Waals surface area contributed by atoms with Crippen molar-refractivity contribution in [2.75, 3.05) is 6.54 Å². The number of aryl methyl sites for hydroxylation is 3. The summed E-state index contributed by atoms with van der Waals surface area (Å²) in [5.41, 5.74) is 2.61. The molecule has 3 rings (SSSR count). The maximum atomic E-state index is 12.6. The van der Waals surface area contributed by atoms with Gasteiger partial charge in [0.05, 0.1) is 5.52 Å². The second-order valence-electron chi connectivity index (χ2n) is 6.48. The molecule has 2 aromatic heterocycles. The Kier molecular flexibility index (Phi) is 4.87. The molecule has 0 fully saturated rings. The largest absolute Gasteiger partial charge is 0.506 e. The monoisotopic (exact) mass is 381 g/mol. The van der Waals surface area contributed by atoms with Crippen molar-refractivity contribution >= 4 is 22.8 Å². The number of carboxylic acid groups (broad SMARTS) is 1. The van der Waals surface area contributed by atoms with Gasteiger partial charge in [0.15, 0.2) is 0 Å². The van der Waals surface area contributed by atoms with Crippen LogP contribution in [0.4, 0.5) is 0 Å². The third kappa shape index (κ3) is 3.20. The van der Waals surface area contributed by atoms with E-state index in [1.165, 1.54) is 11.6 Å². The van der Waals surface area contributed by atoms with Crippen molar-refractivity contribution in [3.05, 3.63) is 57.6 Å². The zero-order valence-corrected chi connectivity index (χ0v) is 15.6. The summed E-state index contributed by atoms with van der Waals surface area (Å²) in [5.74, 6) is -2.68. The Bertz CT molecular complexity index is 1180. The number of rotatable bonds is 4. The first-order chi connectivity index (χ1) is 13.2. The van der Waals surface area contributed by atoms with Crippen molar-refractivity contribution in [1.29, 1.82) is 0 Å². The van der Waals surface area contributed by atoms with Gasteiger partial charge in [-0.1, -0.05) is 6.07 Å². The van der Waals surface area contributed by atoms with Crippen LogP contribution in [0, 0.1) is 13.8 Å². The number of nitrogens with one attached hydrogen (secondary N) is 1. The maximum absolute atomic E-state index is 12.6. The molecule has 3 N–H and O–H groups in total. The topological polar surface area (TPSA) is 122 Å². The number of carbonyl (C=O) groups is 2. The summed E-state index contributed by atoms with van der Waals surface area (Å²) in [7, 11) is 1.49. The van der Waals surface area contributed by atoms with E-state index in [9.17, 15) is 19.5 Å². The summed E-state index contributed by atoms with van der Waals surface area (Å²) in [6, 6.07) is 7.17. The van der Waals surface area contributed by atoms with Crippen molar-refractivity contribution in [2.45, 2.75) is 13.8 Å². The van der Waals surface area contributed by atoms with Crippen molar-refractivity contribution in [1.82, 2.24) is 14.9 Å². The highest BCUT2D eigenvalue weighted by atomic mass is 16.4. The van der Waals surface area contributed by atoms with Gasteiger partial charge in [0, 0.05) is 29.9 Å². The first kappa shape index (κ1) is 19.1. The zero-order valence-electron chi connectivity index (χ0n) is 15.6. The fourth-order valence-electron chi connectivity index (χ4n) is 3.18. The molecule has 0 saturated carbocycles. The number of carbonyl (C=O) groups excluding carboxylic acids is 1. The van der Waals surface area contributed by atoms with E-state index in [0.29, 0.717) is 10.9 Å². The summed E-state index contributed by atoms with van der Waals surface area (Å²) in [6.45, 7) is 3.09. The van der Waals surface area contributed by atoms with Gasteiger partial charge < -0.3 is 20.1 Å². The number of aromatic nitrogens is 2. The van der Waals surface area contributed by atoms with Gasteiger partial charge in [0.2, 0.25) is 0 Å². The van der Waals surface area contributed by atoms with Gasteiger partial charge in [-0.2, -0.15) is 0 Å². The van der Waals surface area contributed by atoms with Crippen LogP contribution in [0.1, 0.15) is 21.6 Å². The predicted octanol–water partition coefficient (Wildman–Crippen LogP) is 1.74. The lowest BCUT2D eigenvalue weighted by Crippen LogP contribution is -2.35. The van der Waals surface area contributed by atoms with E-state index in [2.05, 4.69) is 10.3 Å². The van der Waals surface area contributed by atoms with E-state index in [-0.39, 0.29) is 0 Å². The Balaban J connectivity index is 2.28. The van der Waals surface area contributed by atoms with E-state index in [1.807, 2.05) is 19.9 Å². The molecule has 0 aliphatic carbocycles. The lowest BCUT2D eigenvalue weighted by molar-refractivity contribution is -0.135. The quantitative estimate of drug-likeness (QED) is 0.633. The van der Waals surface area contributed by atoms with Crippen LogP contribution in [0.15, 0.2) is 35.3 Å². The average Bonchev–Trinajstić information content (AvgIpc) is 2.65. The zero-order chi connectivity index (χ0) is 20.6. The first-order valence-electron chi connectivity index (χ1n) is 8.50. The Hall–Kier alpha value is -3.68. The molecule has 0 bridgehead atoms. The molecule has 8 nitrogen and oxygen atoms in total. The van der Waals surface area contributed by atoms with Gasteiger partial charge in [-0.25, -0.2) is 0 Å². The number of aliphatic carboxylic acids is 1. The van der Waals surface area contributed by atoms with E-state index in [4.69, 9.17) is 5.11 Å². The predicted molar refractivity (Wildman–Crippen MR) is 104 cm³/mol. The summed E-state index contributed by atoms with van der Waals surface area (Å²) < 4.78 is 1.26. The molecule has 0 unspecified atom stereocenters. The number of hydrogen-bond acceptors (Lipinski definition) is 5. The molecule has 0 saturated heterocycles. The van der Waals surface area contributed by atoms with Gasteiger partial charge in [-0.05, 0) is 43.2 Å². The fraction of sp³-hybridized carbons (Fsp3) is 0.200. The Morgan fingerprint density at radius 3 is 2.57 bits per heavy atom. The molecular weight excluding hydrogens is 362 g/mol. The Morgan fingerprint density at radius 2 is 1.93 bits per heavy atom. The lowest BCUT2D eigenvalue weighted by atomic mass is 9.96. The van der Waals surface area contributed by atoms with Gasteiger partial charge in [0.25, 0.3) is 11.5 Å². The molecule has 0 spiro atoms. The fourth-order valence-corrected chi connectivity index (χ4v) is 3.18. The smallest absolute Gasteiger partial charge is 0.322 e. The molecule has 28 heavy (non-hydrogen) atoms. The minimum absolute atomic E-state index is 0.312. The molecule has 8 heteroatoms. The van der Waals surface area contributed by atoms with E-state index >= 15 is 0 Å². The van der Waals surface area contributed by atoms with E-state index < -0.39 is 35.3 Å². The van der Waals surface area contributed by atoms with Crippen LogP contribution in [-0.4, -0.2) is 38.2 Å². The molecular formula is C20H19N3O5. The molecule has 1 aromatic carbocycles. The Labute approximate surface area is 160 Å². The summed E-state index contributed by atoms with van der Waals surface area (Å²) in [4.78, 5) is 39.9. The highest BCUT2D eigenvalue weighted by Crippen LogP contribution is 2.34. The van der Waals surface area contributed by atoms with Crippen molar-refractivity contribution in [3.8, 4) is 16.9 Å². The van der Waals surface area contributed by atoms with Gasteiger partial charge in [-0.3, -0.25) is 19.4 Å². The number of hydrogen-bond donors (Lipinski definition) is 3. The maximum Gasteiger partial charge on any atom is 0.322 e. The molecule has 1 amide bonds. The number of nitrogens with zero attached hydrogens (tertiary/aromatic N) is 2. The number of fused-ring (bicyclic) bond motifs is 1. The second-order valence-corrected chi connectivity index (χ2v) is 6.48. The normalized spacial score (nSPS) is 10.8. The molecule has 144 valence electrons. The minimum atomic E-state index is -1.25. The summed E-state index contributed by atoms with van der Waals surface area (Å²) in [5, 5.41) is 21.8. The van der Waals surface area contributed by atoms with Crippen LogP contribution in [0.25, 0.3) is 22.0 Å². The average molecular weight is 381 g/mol. The number of carboxylic acids is 1. The third-order valence-corrected chi connectivity index (χ3v) is 4.64. The SMILES string of the molecule is Cc1cc2c(cc1-c1cccnc1C)c(O)c(C(=O)NCC(=O)O)c(=O)n2C. The van der Waals surface area contributed by atoms with Crippen molar-refractivity contribution < 1.29 is 19.8 Å². The number of amides is 1. The minimum Gasteiger partial charge on any atom is -0.506 e. The van der Waals surface area contributed by atoms with Crippen LogP contribution in [0.2, 0.25) is 0 Å². The molecule has 0 aliphatic rings. The number of aromatic hydroxyl groups is 1. The molecule has 2 heterocycles. The standard InChI is InChI=1S/C20H19N3O5/c1-10-7-15-14(8-13(10)12-5-4-6-21-11(12)2)18(26)17(20(28)23(15)3)19(27)22-9-16(24)25/h4-8,26H,9H2,1-3H3,(H,22,27)(H,24,25). The van der Waals surface area contributed by atoms with Crippen LogP contribution in [0.3, 0.4) is 0 Å². The first-order valence-corrected chi connectivity index (χ1v) is 8.50. The Morgan fingerprint density at radius 1 is 1.21 bits per heavy atom. The van der Waals surface area contributed by atoms with E-state index in [0.717, 1.165) is 22.4 Å².